The summed E-state index contributed by atoms with van der Waals surface area (Å²) in [6, 6.07) is 2.50. The van der Waals surface area contributed by atoms with Gasteiger partial charge in [-0.2, -0.15) is 0 Å². The van der Waals surface area contributed by atoms with Crippen LogP contribution < -0.4 is 5.32 Å². The molecular formula is C24H25F2NO. The number of allylic oxidation sites excluding steroid dienone is 7. The first-order valence-corrected chi connectivity index (χ1v) is 9.70. The van der Waals surface area contributed by atoms with Crippen LogP contribution in [-0.4, -0.2) is 20.3 Å². The first kappa shape index (κ1) is 18.9. The van der Waals surface area contributed by atoms with Crippen LogP contribution in [0.1, 0.15) is 18.1 Å². The maximum atomic E-state index is 15.1. The van der Waals surface area contributed by atoms with Crippen molar-refractivity contribution in [3.63, 3.8) is 0 Å². The van der Waals surface area contributed by atoms with Gasteiger partial charge in [0, 0.05) is 42.8 Å². The lowest BCUT2D eigenvalue weighted by Gasteiger charge is -2.23. The molecule has 1 aromatic carbocycles. The van der Waals surface area contributed by atoms with Crippen molar-refractivity contribution in [2.45, 2.75) is 18.8 Å². The number of hydrogen-bond acceptors (Lipinski definition) is 2. The monoisotopic (exact) mass is 381 g/mol. The lowest BCUT2D eigenvalue weighted by atomic mass is 9.83. The molecule has 0 amide bonds. The van der Waals surface area contributed by atoms with Crippen LogP contribution in [0.4, 0.5) is 8.78 Å². The molecule has 146 valence electrons. The van der Waals surface area contributed by atoms with Crippen molar-refractivity contribution < 1.29 is 13.5 Å². The molecule has 0 aromatic heterocycles. The second-order valence-electron chi connectivity index (χ2n) is 7.69. The highest BCUT2D eigenvalue weighted by molar-refractivity contribution is 5.53. The maximum Gasteiger partial charge on any atom is 0.130 e. The van der Waals surface area contributed by atoms with E-state index in [0.29, 0.717) is 36.6 Å². The summed E-state index contributed by atoms with van der Waals surface area (Å²) < 4.78 is 34.6. The summed E-state index contributed by atoms with van der Waals surface area (Å²) >= 11 is 0. The van der Waals surface area contributed by atoms with Crippen molar-refractivity contribution in [3.05, 3.63) is 94.8 Å². The molecule has 1 heterocycles. The van der Waals surface area contributed by atoms with Crippen LogP contribution in [0.25, 0.3) is 0 Å². The van der Waals surface area contributed by atoms with E-state index >= 15 is 4.39 Å². The third-order valence-corrected chi connectivity index (χ3v) is 6.14. The number of halogens is 2. The molecule has 1 aromatic rings. The smallest absolute Gasteiger partial charge is 0.130 e. The molecule has 1 fully saturated rings. The third kappa shape index (κ3) is 3.16. The van der Waals surface area contributed by atoms with E-state index in [1.165, 1.54) is 6.07 Å². The van der Waals surface area contributed by atoms with Crippen LogP contribution in [0.2, 0.25) is 0 Å². The van der Waals surface area contributed by atoms with E-state index in [1.807, 2.05) is 36.5 Å². The van der Waals surface area contributed by atoms with Gasteiger partial charge in [0.05, 0.1) is 6.61 Å². The molecule has 2 nitrogen and oxygen atoms in total. The molecule has 0 spiro atoms. The van der Waals surface area contributed by atoms with Gasteiger partial charge in [0.2, 0.25) is 0 Å². The van der Waals surface area contributed by atoms with Crippen LogP contribution >= 0.6 is 0 Å². The van der Waals surface area contributed by atoms with E-state index in [9.17, 15) is 4.39 Å². The SMILES string of the molecule is COCC1=C(Cc2cc(F)cc(F)c2C23C=CC=CC2[C@H]3C)NC/C=C/C=C1. The van der Waals surface area contributed by atoms with E-state index in [0.717, 1.165) is 17.3 Å². The fraction of sp³-hybridized carbons (Fsp3) is 0.333. The van der Waals surface area contributed by atoms with Gasteiger partial charge in [0.25, 0.3) is 0 Å². The molecule has 0 radical (unpaired) electrons. The van der Waals surface area contributed by atoms with Crippen LogP contribution in [-0.2, 0) is 16.6 Å². The van der Waals surface area contributed by atoms with E-state index in [2.05, 4.69) is 24.4 Å². The quantitative estimate of drug-likeness (QED) is 0.795. The Hall–Kier alpha value is -2.46. The Labute approximate surface area is 165 Å². The fourth-order valence-electron chi connectivity index (χ4n) is 4.71. The summed E-state index contributed by atoms with van der Waals surface area (Å²) in [4.78, 5) is 0. The molecule has 2 aliphatic carbocycles. The first-order chi connectivity index (χ1) is 13.6. The lowest BCUT2D eigenvalue weighted by Crippen LogP contribution is -2.22. The molecule has 2 unspecified atom stereocenters. The zero-order valence-electron chi connectivity index (χ0n) is 16.2. The molecule has 4 rings (SSSR count). The lowest BCUT2D eigenvalue weighted by molar-refractivity contribution is 0.227. The maximum absolute atomic E-state index is 15.1. The molecule has 28 heavy (non-hydrogen) atoms. The summed E-state index contributed by atoms with van der Waals surface area (Å²) in [7, 11) is 1.65. The highest BCUT2D eigenvalue weighted by Gasteiger charge is 2.62. The summed E-state index contributed by atoms with van der Waals surface area (Å²) in [5.41, 5.74) is 2.87. The summed E-state index contributed by atoms with van der Waals surface area (Å²) in [6.45, 7) is 3.23. The van der Waals surface area contributed by atoms with Gasteiger partial charge in [-0.1, -0.05) is 55.5 Å². The van der Waals surface area contributed by atoms with Gasteiger partial charge in [0.1, 0.15) is 11.6 Å². The average molecular weight is 381 g/mol. The van der Waals surface area contributed by atoms with Crippen LogP contribution in [0.5, 0.6) is 0 Å². The third-order valence-electron chi connectivity index (χ3n) is 6.14. The van der Waals surface area contributed by atoms with Gasteiger partial charge in [0.15, 0.2) is 0 Å². The Morgan fingerprint density at radius 1 is 1.18 bits per heavy atom. The molecule has 3 aliphatic rings. The van der Waals surface area contributed by atoms with E-state index in [1.54, 1.807) is 7.11 Å². The second-order valence-corrected chi connectivity index (χ2v) is 7.69. The molecule has 1 N–H and O–H groups in total. The molecule has 0 bridgehead atoms. The Morgan fingerprint density at radius 2 is 2.04 bits per heavy atom. The number of ether oxygens (including phenoxy) is 1. The number of hydrogen-bond donors (Lipinski definition) is 1. The van der Waals surface area contributed by atoms with Crippen LogP contribution in [0, 0.1) is 23.5 Å². The first-order valence-electron chi connectivity index (χ1n) is 9.70. The minimum Gasteiger partial charge on any atom is -0.384 e. The Bertz CT molecular complexity index is 925. The molecular weight excluding hydrogens is 356 g/mol. The summed E-state index contributed by atoms with van der Waals surface area (Å²) in [5, 5.41) is 3.40. The number of benzene rings is 1. The minimum absolute atomic E-state index is 0.261. The van der Waals surface area contributed by atoms with Gasteiger partial charge < -0.3 is 10.1 Å². The van der Waals surface area contributed by atoms with Crippen molar-refractivity contribution in [1.29, 1.82) is 0 Å². The topological polar surface area (TPSA) is 21.3 Å². The van der Waals surface area contributed by atoms with Gasteiger partial charge >= 0.3 is 0 Å². The zero-order valence-corrected chi connectivity index (χ0v) is 16.2. The second kappa shape index (κ2) is 7.51. The average Bonchev–Trinajstić information content (AvgIpc) is 3.25. The number of rotatable bonds is 5. The molecule has 3 atom stereocenters. The molecule has 0 saturated heterocycles. The van der Waals surface area contributed by atoms with Crippen LogP contribution in [0.3, 0.4) is 0 Å². The van der Waals surface area contributed by atoms with Crippen molar-refractivity contribution in [2.24, 2.45) is 11.8 Å². The van der Waals surface area contributed by atoms with Gasteiger partial charge in [-0.25, -0.2) is 8.78 Å². The van der Waals surface area contributed by atoms with Crippen molar-refractivity contribution in [1.82, 2.24) is 5.32 Å². The Kier molecular flexibility index (Phi) is 5.07. The standard InChI is InChI=1S/C24H25F2NO/c1-16-20-9-5-6-10-24(16,20)23-18(12-19(25)14-21(23)26)13-22-17(15-28-2)8-4-3-7-11-27-22/h3-10,12,14,16,20,27H,11,13,15H2,1-2H3/b7-3+,8-4?,22-17?/t16-,20?,24?/m1/s1. The van der Waals surface area contributed by atoms with E-state index in [4.69, 9.17) is 4.74 Å². The van der Waals surface area contributed by atoms with Gasteiger partial charge in [-0.05, 0) is 29.0 Å². The normalized spacial score (nSPS) is 29.1. The predicted molar refractivity (Wildman–Crippen MR) is 108 cm³/mol. The number of methoxy groups -OCH3 is 1. The Balaban J connectivity index is 1.79. The van der Waals surface area contributed by atoms with Crippen molar-refractivity contribution in [3.8, 4) is 0 Å². The highest BCUT2D eigenvalue weighted by Crippen LogP contribution is 2.64. The van der Waals surface area contributed by atoms with Gasteiger partial charge in [-0.3, -0.25) is 0 Å². The number of fused-ring (bicyclic) bond motifs is 1. The largest absolute Gasteiger partial charge is 0.384 e. The van der Waals surface area contributed by atoms with Gasteiger partial charge in [-0.15, -0.1) is 0 Å². The highest BCUT2D eigenvalue weighted by atomic mass is 19.1. The predicted octanol–water partition coefficient (Wildman–Crippen LogP) is 4.75. The summed E-state index contributed by atoms with van der Waals surface area (Å²) in [5.74, 6) is -0.444. The molecule has 1 saturated carbocycles. The molecule has 1 aliphatic heterocycles. The van der Waals surface area contributed by atoms with E-state index < -0.39 is 11.6 Å². The minimum atomic E-state index is -0.539. The van der Waals surface area contributed by atoms with Crippen molar-refractivity contribution in [2.75, 3.05) is 20.3 Å². The van der Waals surface area contributed by atoms with Crippen LogP contribution in [0.15, 0.2) is 72.0 Å². The number of nitrogens with one attached hydrogen (secondary N) is 1. The van der Waals surface area contributed by atoms with Crippen molar-refractivity contribution >= 4 is 0 Å². The molecule has 4 heteroatoms. The summed E-state index contributed by atoms with van der Waals surface area (Å²) in [6.07, 6.45) is 16.6. The fourth-order valence-corrected chi connectivity index (χ4v) is 4.71. The zero-order chi connectivity index (χ0) is 19.7. The Morgan fingerprint density at radius 3 is 2.82 bits per heavy atom. The van der Waals surface area contributed by atoms with E-state index in [-0.39, 0.29) is 11.3 Å².